The molecule has 0 aliphatic carbocycles. The van der Waals surface area contributed by atoms with Gasteiger partial charge in [0.05, 0.1) is 6.26 Å². The highest BCUT2D eigenvalue weighted by Gasteiger charge is 2.23. The van der Waals surface area contributed by atoms with Crippen molar-refractivity contribution in [1.82, 2.24) is 4.90 Å². The van der Waals surface area contributed by atoms with Crippen LogP contribution < -0.4 is 10.2 Å². The first kappa shape index (κ1) is 20.8. The fourth-order valence-electron chi connectivity index (χ4n) is 3.41. The summed E-state index contributed by atoms with van der Waals surface area (Å²) in [5, 5.41) is 3.52. The quantitative estimate of drug-likeness (QED) is 0.597. The molecule has 1 aromatic heterocycles. The smallest absolute Gasteiger partial charge is 0.289 e. The van der Waals surface area contributed by atoms with Crippen molar-refractivity contribution in [2.45, 2.75) is 0 Å². The van der Waals surface area contributed by atoms with Crippen LogP contribution in [-0.2, 0) is 4.79 Å². The first-order valence-electron chi connectivity index (χ1n) is 10.0. The number of nitrogens with one attached hydrogen (secondary N) is 1. The van der Waals surface area contributed by atoms with Crippen LogP contribution in [-0.4, -0.2) is 42.9 Å². The Morgan fingerprint density at radius 2 is 1.65 bits per heavy atom. The van der Waals surface area contributed by atoms with Crippen LogP contribution in [0, 0.1) is 0 Å². The molecule has 0 unspecified atom stereocenters. The summed E-state index contributed by atoms with van der Waals surface area (Å²) in [6, 6.07) is 18.4. The molecule has 1 saturated heterocycles. The summed E-state index contributed by atoms with van der Waals surface area (Å²) < 4.78 is 5.20. The molecule has 1 N–H and O–H groups in total. The third-order valence-corrected chi connectivity index (χ3v) is 5.35. The SMILES string of the molecule is O=C(/C=C/c1ccc(Cl)cc1)Nc1ccc(N2CCN(C(=O)c3ccco3)CC2)cc1. The van der Waals surface area contributed by atoms with Gasteiger partial charge in [0.1, 0.15) is 0 Å². The monoisotopic (exact) mass is 435 g/mol. The Morgan fingerprint density at radius 3 is 2.29 bits per heavy atom. The minimum absolute atomic E-state index is 0.0747. The lowest BCUT2D eigenvalue weighted by molar-refractivity contribution is -0.111. The van der Waals surface area contributed by atoms with Crippen LogP contribution in [0.25, 0.3) is 6.08 Å². The van der Waals surface area contributed by atoms with Crippen molar-refractivity contribution in [3.63, 3.8) is 0 Å². The molecule has 31 heavy (non-hydrogen) atoms. The number of carbonyl (C=O) groups excluding carboxylic acids is 2. The van der Waals surface area contributed by atoms with Gasteiger partial charge in [-0.05, 0) is 60.2 Å². The molecule has 1 aliphatic heterocycles. The van der Waals surface area contributed by atoms with Crippen molar-refractivity contribution in [3.8, 4) is 0 Å². The summed E-state index contributed by atoms with van der Waals surface area (Å²) >= 11 is 5.86. The molecule has 3 aromatic rings. The highest BCUT2D eigenvalue weighted by atomic mass is 35.5. The number of hydrogen-bond acceptors (Lipinski definition) is 4. The van der Waals surface area contributed by atoms with Gasteiger partial charge in [0.25, 0.3) is 5.91 Å². The van der Waals surface area contributed by atoms with E-state index in [1.807, 2.05) is 36.4 Å². The van der Waals surface area contributed by atoms with Gasteiger partial charge in [-0.1, -0.05) is 23.7 Å². The topological polar surface area (TPSA) is 65.8 Å². The molecule has 0 atom stereocenters. The summed E-state index contributed by atoms with van der Waals surface area (Å²) in [5.74, 6) is 0.0979. The third-order valence-electron chi connectivity index (χ3n) is 5.10. The van der Waals surface area contributed by atoms with E-state index in [0.717, 1.165) is 30.0 Å². The predicted molar refractivity (Wildman–Crippen MR) is 122 cm³/mol. The fourth-order valence-corrected chi connectivity index (χ4v) is 3.54. The maximum Gasteiger partial charge on any atom is 0.289 e. The lowest BCUT2D eigenvalue weighted by Crippen LogP contribution is -2.48. The van der Waals surface area contributed by atoms with E-state index in [1.54, 1.807) is 35.2 Å². The Kier molecular flexibility index (Phi) is 6.38. The van der Waals surface area contributed by atoms with Crippen molar-refractivity contribution >= 4 is 40.9 Å². The number of anilines is 2. The van der Waals surface area contributed by atoms with Gasteiger partial charge in [-0.25, -0.2) is 0 Å². The number of benzene rings is 2. The number of carbonyl (C=O) groups is 2. The van der Waals surface area contributed by atoms with E-state index in [4.69, 9.17) is 16.0 Å². The van der Waals surface area contributed by atoms with Gasteiger partial charge in [-0.15, -0.1) is 0 Å². The zero-order valence-corrected chi connectivity index (χ0v) is 17.6. The molecule has 1 fully saturated rings. The summed E-state index contributed by atoms with van der Waals surface area (Å²) in [7, 11) is 0. The molecule has 0 saturated carbocycles. The van der Waals surface area contributed by atoms with E-state index in [9.17, 15) is 9.59 Å². The highest BCUT2D eigenvalue weighted by molar-refractivity contribution is 6.30. The predicted octanol–water partition coefficient (Wildman–Crippen LogP) is 4.55. The van der Waals surface area contributed by atoms with Crippen molar-refractivity contribution in [2.24, 2.45) is 0 Å². The zero-order chi connectivity index (χ0) is 21.6. The van der Waals surface area contributed by atoms with E-state index < -0.39 is 0 Å². The molecule has 2 aromatic carbocycles. The van der Waals surface area contributed by atoms with Crippen LogP contribution in [0.3, 0.4) is 0 Å². The van der Waals surface area contributed by atoms with Gasteiger partial charge in [-0.2, -0.15) is 0 Å². The zero-order valence-electron chi connectivity index (χ0n) is 16.8. The first-order chi connectivity index (χ1) is 15.1. The molecular weight excluding hydrogens is 414 g/mol. The van der Waals surface area contributed by atoms with Gasteiger partial charge in [0.15, 0.2) is 5.76 Å². The third kappa shape index (κ3) is 5.35. The number of nitrogens with zero attached hydrogens (tertiary/aromatic N) is 2. The van der Waals surface area contributed by atoms with Crippen molar-refractivity contribution in [1.29, 1.82) is 0 Å². The van der Waals surface area contributed by atoms with Gasteiger partial charge < -0.3 is 19.5 Å². The fraction of sp³-hybridized carbons (Fsp3) is 0.167. The van der Waals surface area contributed by atoms with Gasteiger partial charge >= 0.3 is 0 Å². The summed E-state index contributed by atoms with van der Waals surface area (Å²) in [5.41, 5.74) is 2.68. The normalized spacial score (nSPS) is 14.1. The molecule has 4 rings (SSSR count). The second-order valence-corrected chi connectivity index (χ2v) is 7.61. The number of rotatable bonds is 5. The molecule has 2 amide bonds. The van der Waals surface area contributed by atoms with E-state index in [2.05, 4.69) is 10.2 Å². The van der Waals surface area contributed by atoms with Crippen molar-refractivity contribution in [2.75, 3.05) is 36.4 Å². The molecule has 7 heteroatoms. The summed E-state index contributed by atoms with van der Waals surface area (Å²) in [6.07, 6.45) is 4.74. The van der Waals surface area contributed by atoms with Crippen LogP contribution in [0.15, 0.2) is 77.4 Å². The second kappa shape index (κ2) is 9.53. The highest BCUT2D eigenvalue weighted by Crippen LogP contribution is 2.20. The first-order valence-corrected chi connectivity index (χ1v) is 10.4. The minimum Gasteiger partial charge on any atom is -0.459 e. The van der Waals surface area contributed by atoms with Crippen LogP contribution >= 0.6 is 11.6 Å². The summed E-state index contributed by atoms with van der Waals surface area (Å²) in [4.78, 5) is 28.6. The number of piperazine rings is 1. The lowest BCUT2D eigenvalue weighted by atomic mass is 10.2. The van der Waals surface area contributed by atoms with E-state index in [-0.39, 0.29) is 11.8 Å². The van der Waals surface area contributed by atoms with Gasteiger partial charge in [0, 0.05) is 48.7 Å². The average molecular weight is 436 g/mol. The molecule has 158 valence electrons. The number of halogens is 1. The molecule has 1 aliphatic rings. The Morgan fingerprint density at radius 1 is 0.935 bits per heavy atom. The van der Waals surface area contributed by atoms with Crippen molar-refractivity contribution < 1.29 is 14.0 Å². The molecular formula is C24H22ClN3O3. The Labute approximate surface area is 185 Å². The van der Waals surface area contributed by atoms with Gasteiger partial charge in [0.2, 0.25) is 5.91 Å². The minimum atomic E-state index is -0.201. The Bertz CT molecular complexity index is 1050. The van der Waals surface area contributed by atoms with E-state index >= 15 is 0 Å². The molecule has 0 bridgehead atoms. The lowest BCUT2D eigenvalue weighted by Gasteiger charge is -2.35. The van der Waals surface area contributed by atoms with Gasteiger partial charge in [-0.3, -0.25) is 9.59 Å². The average Bonchev–Trinajstić information content (AvgIpc) is 3.34. The van der Waals surface area contributed by atoms with Crippen molar-refractivity contribution in [3.05, 3.63) is 89.3 Å². The Balaban J connectivity index is 1.29. The molecule has 2 heterocycles. The van der Waals surface area contributed by atoms with E-state index in [1.165, 1.54) is 12.3 Å². The van der Waals surface area contributed by atoms with Crippen LogP contribution in [0.4, 0.5) is 11.4 Å². The maximum absolute atomic E-state index is 12.4. The van der Waals surface area contributed by atoms with Crippen LogP contribution in [0.2, 0.25) is 5.02 Å². The maximum atomic E-state index is 12.4. The van der Waals surface area contributed by atoms with E-state index in [0.29, 0.717) is 23.9 Å². The van der Waals surface area contributed by atoms with Crippen LogP contribution in [0.1, 0.15) is 16.1 Å². The standard InChI is InChI=1S/C24H22ClN3O3/c25-19-6-3-18(4-7-19)5-12-23(29)26-20-8-10-21(11-9-20)27-13-15-28(16-14-27)24(30)22-2-1-17-31-22/h1-12,17H,13-16H2,(H,26,29)/b12-5+. The second-order valence-electron chi connectivity index (χ2n) is 7.18. The molecule has 6 nitrogen and oxygen atoms in total. The number of furan rings is 1. The Hall–Kier alpha value is -3.51. The largest absolute Gasteiger partial charge is 0.459 e. The number of hydrogen-bond donors (Lipinski definition) is 1. The molecule has 0 spiro atoms. The van der Waals surface area contributed by atoms with Crippen LogP contribution in [0.5, 0.6) is 0 Å². The molecule has 0 radical (unpaired) electrons. The number of amides is 2. The summed E-state index contributed by atoms with van der Waals surface area (Å²) in [6.45, 7) is 2.74.